The molecule has 0 amide bonds. The summed E-state index contributed by atoms with van der Waals surface area (Å²) in [6.45, 7) is 6.92. The summed E-state index contributed by atoms with van der Waals surface area (Å²) in [5.41, 5.74) is 0. The summed E-state index contributed by atoms with van der Waals surface area (Å²) in [6, 6.07) is -0.817. The smallest absolute Gasteiger partial charge is 0.323 e. The first-order valence-corrected chi connectivity index (χ1v) is 8.55. The third-order valence-corrected chi connectivity index (χ3v) is 5.04. The highest BCUT2D eigenvalue weighted by molar-refractivity contribution is 7.87. The molecule has 2 atom stereocenters. The molecule has 1 heterocycles. The number of piperidine rings is 1. The van der Waals surface area contributed by atoms with Gasteiger partial charge >= 0.3 is 5.97 Å². The van der Waals surface area contributed by atoms with Gasteiger partial charge in [0.05, 0.1) is 7.11 Å². The minimum atomic E-state index is -3.63. The number of carbonyl (C=O) groups is 1. The maximum atomic E-state index is 12.4. The van der Waals surface area contributed by atoms with Crippen molar-refractivity contribution >= 4 is 16.2 Å². The van der Waals surface area contributed by atoms with Gasteiger partial charge in [-0.1, -0.05) is 20.8 Å². The summed E-state index contributed by atoms with van der Waals surface area (Å²) in [5, 5.41) is 0. The summed E-state index contributed by atoms with van der Waals surface area (Å²) in [5.74, 6) is 0.0106. The average Bonchev–Trinajstić information content (AvgIpc) is 2.36. The lowest BCUT2D eigenvalue weighted by Gasteiger charge is -2.31. The van der Waals surface area contributed by atoms with Crippen LogP contribution in [-0.2, 0) is 19.7 Å². The van der Waals surface area contributed by atoms with E-state index in [0.29, 0.717) is 25.4 Å². The molecule has 7 heteroatoms. The van der Waals surface area contributed by atoms with Crippen molar-refractivity contribution in [3.63, 3.8) is 0 Å². The molecule has 0 aliphatic carbocycles. The Balaban J connectivity index is 2.77. The average molecular weight is 306 g/mol. The lowest BCUT2D eigenvalue weighted by Crippen LogP contribution is -2.51. The molecule has 2 unspecified atom stereocenters. The van der Waals surface area contributed by atoms with Crippen LogP contribution in [0.3, 0.4) is 0 Å². The number of hydrogen-bond acceptors (Lipinski definition) is 4. The molecule has 1 saturated heterocycles. The Morgan fingerprint density at radius 1 is 1.45 bits per heavy atom. The van der Waals surface area contributed by atoms with Crippen LogP contribution in [0.25, 0.3) is 0 Å². The molecular weight excluding hydrogens is 280 g/mol. The molecule has 1 aliphatic heterocycles. The predicted molar refractivity (Wildman–Crippen MR) is 77.3 cm³/mol. The monoisotopic (exact) mass is 306 g/mol. The molecular formula is C13H26N2O4S. The number of carbonyl (C=O) groups excluding carboxylic acids is 1. The SMILES string of the molecule is COC(=O)C(CC(C)C)NS(=O)(=O)N1CCCC(C)C1. The van der Waals surface area contributed by atoms with Gasteiger partial charge in [0.2, 0.25) is 0 Å². The van der Waals surface area contributed by atoms with Crippen LogP contribution in [0.15, 0.2) is 0 Å². The summed E-state index contributed by atoms with van der Waals surface area (Å²) in [7, 11) is -2.36. The van der Waals surface area contributed by atoms with Gasteiger partial charge in [-0.15, -0.1) is 0 Å². The Hall–Kier alpha value is -0.660. The highest BCUT2D eigenvalue weighted by atomic mass is 32.2. The van der Waals surface area contributed by atoms with E-state index in [9.17, 15) is 13.2 Å². The van der Waals surface area contributed by atoms with E-state index < -0.39 is 22.2 Å². The quantitative estimate of drug-likeness (QED) is 0.747. The van der Waals surface area contributed by atoms with Crippen LogP contribution in [0.1, 0.15) is 40.0 Å². The zero-order valence-corrected chi connectivity index (χ0v) is 13.6. The number of esters is 1. The molecule has 0 aromatic heterocycles. The van der Waals surface area contributed by atoms with Crippen molar-refractivity contribution in [1.82, 2.24) is 9.03 Å². The molecule has 1 fully saturated rings. The second kappa shape index (κ2) is 7.38. The lowest BCUT2D eigenvalue weighted by molar-refractivity contribution is -0.143. The van der Waals surface area contributed by atoms with Gasteiger partial charge in [-0.3, -0.25) is 4.79 Å². The minimum Gasteiger partial charge on any atom is -0.468 e. The fourth-order valence-corrected chi connectivity index (χ4v) is 3.95. The van der Waals surface area contributed by atoms with Crippen molar-refractivity contribution in [1.29, 1.82) is 0 Å². The number of nitrogens with one attached hydrogen (secondary N) is 1. The van der Waals surface area contributed by atoms with Crippen LogP contribution < -0.4 is 4.72 Å². The van der Waals surface area contributed by atoms with Crippen LogP contribution in [0, 0.1) is 11.8 Å². The van der Waals surface area contributed by atoms with Crippen molar-refractivity contribution in [3.8, 4) is 0 Å². The van der Waals surface area contributed by atoms with E-state index >= 15 is 0 Å². The number of nitrogens with zero attached hydrogens (tertiary/aromatic N) is 1. The Morgan fingerprint density at radius 3 is 2.60 bits per heavy atom. The standard InChI is InChI=1S/C13H26N2O4S/c1-10(2)8-12(13(16)19-4)14-20(17,18)15-7-5-6-11(3)9-15/h10-12,14H,5-9H2,1-4H3. The van der Waals surface area contributed by atoms with Gasteiger partial charge in [-0.25, -0.2) is 0 Å². The zero-order valence-electron chi connectivity index (χ0n) is 12.8. The molecule has 0 aromatic carbocycles. The first kappa shape index (κ1) is 17.4. The highest BCUT2D eigenvalue weighted by Crippen LogP contribution is 2.18. The van der Waals surface area contributed by atoms with E-state index in [-0.39, 0.29) is 5.92 Å². The van der Waals surface area contributed by atoms with E-state index in [1.807, 2.05) is 20.8 Å². The van der Waals surface area contributed by atoms with Gasteiger partial charge in [0, 0.05) is 13.1 Å². The molecule has 0 radical (unpaired) electrons. The Labute approximate surface area is 122 Å². The van der Waals surface area contributed by atoms with Crippen LogP contribution in [-0.4, -0.2) is 44.9 Å². The molecule has 0 aromatic rings. The zero-order chi connectivity index (χ0) is 15.3. The van der Waals surface area contributed by atoms with Gasteiger partial charge in [0.25, 0.3) is 10.2 Å². The van der Waals surface area contributed by atoms with E-state index in [1.54, 1.807) is 0 Å². The van der Waals surface area contributed by atoms with Gasteiger partial charge in [-0.2, -0.15) is 17.4 Å². The molecule has 1 N–H and O–H groups in total. The molecule has 1 aliphatic rings. The second-order valence-electron chi connectivity index (χ2n) is 5.93. The Kier molecular flexibility index (Phi) is 6.42. The normalized spacial score (nSPS) is 22.8. The summed E-state index contributed by atoms with van der Waals surface area (Å²) >= 11 is 0. The first-order chi connectivity index (χ1) is 9.26. The topological polar surface area (TPSA) is 75.7 Å². The number of hydrogen-bond donors (Lipinski definition) is 1. The van der Waals surface area contributed by atoms with Crippen LogP contribution >= 0.6 is 0 Å². The summed E-state index contributed by atoms with van der Waals surface area (Å²) < 4.78 is 33.3. The first-order valence-electron chi connectivity index (χ1n) is 7.11. The molecule has 0 saturated carbocycles. The molecule has 1 rings (SSSR count). The van der Waals surface area contributed by atoms with Crippen molar-refractivity contribution in [3.05, 3.63) is 0 Å². The van der Waals surface area contributed by atoms with Gasteiger partial charge in [-0.05, 0) is 31.1 Å². The van der Waals surface area contributed by atoms with E-state index in [1.165, 1.54) is 11.4 Å². The fourth-order valence-electron chi connectivity index (χ4n) is 2.43. The van der Waals surface area contributed by atoms with E-state index in [2.05, 4.69) is 9.46 Å². The maximum Gasteiger partial charge on any atom is 0.323 e. The minimum absolute atomic E-state index is 0.196. The fraction of sp³-hybridized carbons (Fsp3) is 0.923. The largest absolute Gasteiger partial charge is 0.468 e. The van der Waals surface area contributed by atoms with Crippen molar-refractivity contribution in [2.45, 2.75) is 46.1 Å². The molecule has 6 nitrogen and oxygen atoms in total. The second-order valence-corrected chi connectivity index (χ2v) is 7.64. The van der Waals surface area contributed by atoms with Crippen molar-refractivity contribution < 1.29 is 17.9 Å². The molecule has 0 spiro atoms. The lowest BCUT2D eigenvalue weighted by atomic mass is 10.0. The molecule has 0 bridgehead atoms. The van der Waals surface area contributed by atoms with Crippen LogP contribution in [0.4, 0.5) is 0 Å². The van der Waals surface area contributed by atoms with Gasteiger partial charge in [0.1, 0.15) is 6.04 Å². The summed E-state index contributed by atoms with van der Waals surface area (Å²) in [4.78, 5) is 11.7. The van der Waals surface area contributed by atoms with Crippen molar-refractivity contribution in [2.75, 3.05) is 20.2 Å². The Bertz CT molecular complexity index is 422. The van der Waals surface area contributed by atoms with Crippen LogP contribution in [0.5, 0.6) is 0 Å². The van der Waals surface area contributed by atoms with Crippen molar-refractivity contribution in [2.24, 2.45) is 11.8 Å². The van der Waals surface area contributed by atoms with Crippen LogP contribution in [0.2, 0.25) is 0 Å². The highest BCUT2D eigenvalue weighted by Gasteiger charge is 2.32. The molecule has 20 heavy (non-hydrogen) atoms. The van der Waals surface area contributed by atoms with Gasteiger partial charge in [0.15, 0.2) is 0 Å². The van der Waals surface area contributed by atoms with E-state index in [0.717, 1.165) is 12.8 Å². The third kappa shape index (κ3) is 5.03. The number of ether oxygens (including phenoxy) is 1. The maximum absolute atomic E-state index is 12.4. The molecule has 118 valence electrons. The number of methoxy groups -OCH3 is 1. The predicted octanol–water partition coefficient (Wildman–Crippen LogP) is 1.14. The van der Waals surface area contributed by atoms with Gasteiger partial charge < -0.3 is 4.74 Å². The summed E-state index contributed by atoms with van der Waals surface area (Å²) in [6.07, 6.45) is 2.32. The van der Waals surface area contributed by atoms with E-state index in [4.69, 9.17) is 0 Å². The number of rotatable bonds is 6. The third-order valence-electron chi connectivity index (χ3n) is 3.44. The Morgan fingerprint density at radius 2 is 2.10 bits per heavy atom.